The minimum atomic E-state index is -0.482. The minimum absolute atomic E-state index is 0.0123. The molecule has 0 aliphatic carbocycles. The quantitative estimate of drug-likeness (QED) is 0.424. The Kier molecular flexibility index (Phi) is 6.76. The second kappa shape index (κ2) is 9.27. The van der Waals surface area contributed by atoms with Gasteiger partial charge in [0.05, 0.1) is 18.1 Å². The summed E-state index contributed by atoms with van der Waals surface area (Å²) in [6.07, 6.45) is 0.861. The van der Waals surface area contributed by atoms with E-state index in [0.717, 1.165) is 11.5 Å². The number of nitrogens with one attached hydrogen (secondary N) is 1. The third-order valence-corrected chi connectivity index (χ3v) is 3.31. The molecule has 0 unspecified atom stereocenters. The second-order valence-corrected chi connectivity index (χ2v) is 5.21. The minimum Gasteiger partial charge on any atom is -0.494 e. The van der Waals surface area contributed by atoms with E-state index < -0.39 is 4.92 Å². The SMILES string of the molecule is CCOc1ccc(OCCCC(=O)Nc2ccc([N+](=O)[O-])cc2)cc1. The lowest BCUT2D eigenvalue weighted by Gasteiger charge is -2.08. The zero-order valence-electron chi connectivity index (χ0n) is 13.9. The van der Waals surface area contributed by atoms with Crippen LogP contribution in [-0.2, 0) is 4.79 Å². The lowest BCUT2D eigenvalue weighted by Crippen LogP contribution is -2.12. The number of nitrogens with zero attached hydrogens (tertiary/aromatic N) is 1. The number of ether oxygens (including phenoxy) is 2. The number of hydrogen-bond donors (Lipinski definition) is 1. The van der Waals surface area contributed by atoms with E-state index in [2.05, 4.69) is 5.32 Å². The Hall–Kier alpha value is -3.09. The lowest BCUT2D eigenvalue weighted by molar-refractivity contribution is -0.384. The van der Waals surface area contributed by atoms with E-state index in [1.165, 1.54) is 24.3 Å². The Bertz CT molecular complexity index is 698. The lowest BCUT2D eigenvalue weighted by atomic mass is 10.2. The molecule has 2 aromatic carbocycles. The average Bonchev–Trinajstić information content (AvgIpc) is 2.61. The molecule has 7 nitrogen and oxygen atoms in total. The van der Waals surface area contributed by atoms with Gasteiger partial charge in [0.2, 0.25) is 5.91 Å². The molecular weight excluding hydrogens is 324 g/mol. The van der Waals surface area contributed by atoms with Crippen molar-refractivity contribution in [2.45, 2.75) is 19.8 Å². The molecule has 2 aromatic rings. The molecule has 0 spiro atoms. The number of rotatable bonds is 9. The molecule has 0 radical (unpaired) electrons. The van der Waals surface area contributed by atoms with Crippen molar-refractivity contribution in [1.82, 2.24) is 0 Å². The van der Waals surface area contributed by atoms with Crippen LogP contribution in [0.15, 0.2) is 48.5 Å². The normalized spacial score (nSPS) is 10.1. The summed E-state index contributed by atoms with van der Waals surface area (Å²) in [6, 6.07) is 13.0. The van der Waals surface area contributed by atoms with Gasteiger partial charge in [0.15, 0.2) is 0 Å². The summed E-state index contributed by atoms with van der Waals surface area (Å²) < 4.78 is 10.9. The molecule has 1 amide bonds. The van der Waals surface area contributed by atoms with E-state index in [9.17, 15) is 14.9 Å². The van der Waals surface area contributed by atoms with Crippen LogP contribution in [0, 0.1) is 10.1 Å². The molecule has 0 bridgehead atoms. The van der Waals surface area contributed by atoms with Gasteiger partial charge in [-0.15, -0.1) is 0 Å². The first kappa shape index (κ1) is 18.3. The Morgan fingerprint density at radius 3 is 2.20 bits per heavy atom. The summed E-state index contributed by atoms with van der Waals surface area (Å²) in [5.41, 5.74) is 0.518. The van der Waals surface area contributed by atoms with E-state index in [4.69, 9.17) is 9.47 Å². The standard InChI is InChI=1S/C18H20N2O5/c1-2-24-16-9-11-17(12-10-16)25-13-3-4-18(21)19-14-5-7-15(8-6-14)20(22)23/h5-12H,2-4,13H2,1H3,(H,19,21). The fraction of sp³-hybridized carbons (Fsp3) is 0.278. The molecule has 0 saturated heterocycles. The van der Waals surface area contributed by atoms with Crippen LogP contribution in [0.3, 0.4) is 0 Å². The van der Waals surface area contributed by atoms with Crippen molar-refractivity contribution in [2.24, 2.45) is 0 Å². The van der Waals surface area contributed by atoms with Crippen molar-refractivity contribution in [3.63, 3.8) is 0 Å². The molecule has 0 aliphatic rings. The van der Waals surface area contributed by atoms with Gasteiger partial charge in [0.1, 0.15) is 11.5 Å². The number of carbonyl (C=O) groups excluding carboxylic acids is 1. The van der Waals surface area contributed by atoms with E-state index in [1.54, 1.807) is 0 Å². The number of benzene rings is 2. The van der Waals surface area contributed by atoms with Crippen molar-refractivity contribution in [3.8, 4) is 11.5 Å². The van der Waals surface area contributed by atoms with Crippen LogP contribution in [0.2, 0.25) is 0 Å². The van der Waals surface area contributed by atoms with E-state index in [0.29, 0.717) is 31.7 Å². The number of non-ortho nitro benzene ring substituents is 1. The highest BCUT2D eigenvalue weighted by atomic mass is 16.6. The number of nitro groups is 1. The molecular formula is C18H20N2O5. The number of amides is 1. The topological polar surface area (TPSA) is 90.7 Å². The van der Waals surface area contributed by atoms with E-state index in [-0.39, 0.29) is 11.6 Å². The number of anilines is 1. The first-order chi connectivity index (χ1) is 12.1. The van der Waals surface area contributed by atoms with Gasteiger partial charge in [0.25, 0.3) is 5.69 Å². The van der Waals surface area contributed by atoms with Crippen molar-refractivity contribution in [1.29, 1.82) is 0 Å². The fourth-order valence-corrected chi connectivity index (χ4v) is 2.11. The summed E-state index contributed by atoms with van der Waals surface area (Å²) in [5.74, 6) is 1.35. The zero-order valence-corrected chi connectivity index (χ0v) is 13.9. The summed E-state index contributed by atoms with van der Waals surface area (Å²) in [6.45, 7) is 2.96. The van der Waals surface area contributed by atoms with Gasteiger partial charge in [-0.3, -0.25) is 14.9 Å². The monoisotopic (exact) mass is 344 g/mol. The summed E-state index contributed by atoms with van der Waals surface area (Å²) in [5, 5.41) is 13.3. The van der Waals surface area contributed by atoms with Crippen molar-refractivity contribution in [2.75, 3.05) is 18.5 Å². The van der Waals surface area contributed by atoms with Gasteiger partial charge in [-0.25, -0.2) is 0 Å². The highest BCUT2D eigenvalue weighted by Gasteiger charge is 2.06. The Morgan fingerprint density at radius 2 is 1.64 bits per heavy atom. The van der Waals surface area contributed by atoms with Crippen molar-refractivity contribution >= 4 is 17.3 Å². The van der Waals surface area contributed by atoms with Crippen LogP contribution in [0.4, 0.5) is 11.4 Å². The van der Waals surface area contributed by atoms with Crippen LogP contribution < -0.4 is 14.8 Å². The molecule has 7 heteroatoms. The largest absolute Gasteiger partial charge is 0.494 e. The third-order valence-electron chi connectivity index (χ3n) is 3.31. The van der Waals surface area contributed by atoms with Crippen LogP contribution >= 0.6 is 0 Å². The fourth-order valence-electron chi connectivity index (χ4n) is 2.11. The third kappa shape index (κ3) is 6.14. The van der Waals surface area contributed by atoms with Crippen molar-refractivity contribution in [3.05, 3.63) is 58.6 Å². The smallest absolute Gasteiger partial charge is 0.269 e. The second-order valence-electron chi connectivity index (χ2n) is 5.21. The van der Waals surface area contributed by atoms with Gasteiger partial charge in [-0.05, 0) is 49.7 Å². The predicted octanol–water partition coefficient (Wildman–Crippen LogP) is 3.79. The van der Waals surface area contributed by atoms with Gasteiger partial charge in [-0.1, -0.05) is 0 Å². The van der Waals surface area contributed by atoms with Gasteiger partial charge in [0, 0.05) is 24.2 Å². The maximum Gasteiger partial charge on any atom is 0.269 e. The van der Waals surface area contributed by atoms with Gasteiger partial charge >= 0.3 is 0 Å². The number of hydrogen-bond acceptors (Lipinski definition) is 5. The first-order valence-electron chi connectivity index (χ1n) is 7.98. The van der Waals surface area contributed by atoms with Crippen LogP contribution in [0.5, 0.6) is 11.5 Å². The van der Waals surface area contributed by atoms with Crippen molar-refractivity contribution < 1.29 is 19.2 Å². The zero-order chi connectivity index (χ0) is 18.1. The van der Waals surface area contributed by atoms with E-state index in [1.807, 2.05) is 31.2 Å². The van der Waals surface area contributed by atoms with Crippen LogP contribution in [-0.4, -0.2) is 24.0 Å². The van der Waals surface area contributed by atoms with Gasteiger partial charge < -0.3 is 14.8 Å². The molecule has 0 aliphatic heterocycles. The molecule has 0 heterocycles. The highest BCUT2D eigenvalue weighted by molar-refractivity contribution is 5.90. The molecule has 25 heavy (non-hydrogen) atoms. The maximum atomic E-state index is 11.8. The Balaban J connectivity index is 1.68. The van der Waals surface area contributed by atoms with Crippen LogP contribution in [0.1, 0.15) is 19.8 Å². The molecule has 0 aromatic heterocycles. The van der Waals surface area contributed by atoms with Gasteiger partial charge in [-0.2, -0.15) is 0 Å². The summed E-state index contributed by atoms with van der Waals surface area (Å²) in [7, 11) is 0. The highest BCUT2D eigenvalue weighted by Crippen LogP contribution is 2.18. The summed E-state index contributed by atoms with van der Waals surface area (Å²) in [4.78, 5) is 21.9. The average molecular weight is 344 g/mol. The number of nitro benzene ring substituents is 1. The molecule has 132 valence electrons. The summed E-state index contributed by atoms with van der Waals surface area (Å²) >= 11 is 0. The maximum absolute atomic E-state index is 11.8. The first-order valence-corrected chi connectivity index (χ1v) is 7.98. The Morgan fingerprint density at radius 1 is 1.04 bits per heavy atom. The van der Waals surface area contributed by atoms with E-state index >= 15 is 0 Å². The number of carbonyl (C=O) groups is 1. The molecule has 0 saturated carbocycles. The van der Waals surface area contributed by atoms with Crippen LogP contribution in [0.25, 0.3) is 0 Å². The molecule has 2 rings (SSSR count). The molecule has 0 atom stereocenters. The predicted molar refractivity (Wildman–Crippen MR) is 94.1 cm³/mol. The Labute approximate surface area is 145 Å². The molecule has 0 fully saturated rings. The molecule has 1 N–H and O–H groups in total.